The van der Waals surface area contributed by atoms with Crippen LogP contribution in [0.3, 0.4) is 0 Å². The summed E-state index contributed by atoms with van der Waals surface area (Å²) in [7, 11) is 0. The highest BCUT2D eigenvalue weighted by atomic mass is 16.5. The van der Waals surface area contributed by atoms with Crippen LogP contribution in [0.15, 0.2) is 6.07 Å². The summed E-state index contributed by atoms with van der Waals surface area (Å²) in [6, 6.07) is 2.03. The number of nitrogens with zero attached hydrogens (tertiary/aromatic N) is 2. The van der Waals surface area contributed by atoms with Gasteiger partial charge < -0.3 is 10.5 Å². The molecule has 0 aliphatic heterocycles. The Bertz CT molecular complexity index is 406. The zero-order chi connectivity index (χ0) is 13.1. The normalized spacial score (nSPS) is 24.3. The Hall–Kier alpha value is -1.16. The van der Waals surface area contributed by atoms with Gasteiger partial charge in [-0.05, 0) is 26.2 Å². The van der Waals surface area contributed by atoms with Crippen LogP contribution in [0, 0.1) is 6.92 Å². The molecule has 1 saturated carbocycles. The van der Waals surface area contributed by atoms with Gasteiger partial charge in [-0.25, -0.2) is 4.98 Å². The van der Waals surface area contributed by atoms with Crippen molar-refractivity contribution in [3.8, 4) is 5.88 Å². The summed E-state index contributed by atoms with van der Waals surface area (Å²) in [5, 5.41) is 0. The Morgan fingerprint density at radius 1 is 1.28 bits per heavy atom. The lowest BCUT2D eigenvalue weighted by molar-refractivity contribution is 0.126. The summed E-state index contributed by atoms with van der Waals surface area (Å²) in [6.45, 7) is 6.15. The van der Waals surface area contributed by atoms with Crippen molar-refractivity contribution >= 4 is 0 Å². The van der Waals surface area contributed by atoms with Crippen molar-refractivity contribution in [2.45, 2.75) is 64.5 Å². The first-order valence-electron chi connectivity index (χ1n) is 6.84. The summed E-state index contributed by atoms with van der Waals surface area (Å²) in [5.74, 6) is 1.83. The van der Waals surface area contributed by atoms with Gasteiger partial charge in [-0.1, -0.05) is 20.3 Å². The molecule has 1 aromatic rings. The molecule has 0 aromatic carbocycles. The van der Waals surface area contributed by atoms with Crippen LogP contribution in [0.25, 0.3) is 0 Å². The summed E-state index contributed by atoms with van der Waals surface area (Å²) in [5.41, 5.74) is 7.05. The van der Waals surface area contributed by atoms with E-state index in [9.17, 15) is 0 Å². The van der Waals surface area contributed by atoms with E-state index < -0.39 is 0 Å². The topological polar surface area (TPSA) is 61.0 Å². The molecule has 0 radical (unpaired) electrons. The van der Waals surface area contributed by atoms with Gasteiger partial charge >= 0.3 is 0 Å². The highest BCUT2D eigenvalue weighted by Gasteiger charge is 2.24. The van der Waals surface area contributed by atoms with Gasteiger partial charge in [-0.15, -0.1) is 0 Å². The Morgan fingerprint density at radius 2 is 2.00 bits per heavy atom. The molecule has 0 amide bonds. The van der Waals surface area contributed by atoms with Crippen molar-refractivity contribution in [2.75, 3.05) is 0 Å². The van der Waals surface area contributed by atoms with E-state index in [1.54, 1.807) is 0 Å². The molecular formula is C14H23N3O. The van der Waals surface area contributed by atoms with E-state index in [-0.39, 0.29) is 12.1 Å². The van der Waals surface area contributed by atoms with Crippen molar-refractivity contribution < 1.29 is 4.74 Å². The van der Waals surface area contributed by atoms with Crippen LogP contribution in [-0.2, 0) is 0 Å². The summed E-state index contributed by atoms with van der Waals surface area (Å²) < 4.78 is 5.96. The third-order valence-electron chi connectivity index (χ3n) is 3.39. The molecule has 1 fully saturated rings. The molecule has 1 aliphatic carbocycles. The molecule has 2 rings (SSSR count). The maximum absolute atomic E-state index is 6.09. The van der Waals surface area contributed by atoms with Crippen molar-refractivity contribution in [2.24, 2.45) is 5.73 Å². The molecule has 1 heterocycles. The minimum atomic E-state index is 0.105. The molecular weight excluding hydrogens is 226 g/mol. The molecule has 0 saturated heterocycles. The third kappa shape index (κ3) is 3.19. The Kier molecular flexibility index (Phi) is 4.17. The second-order valence-corrected chi connectivity index (χ2v) is 5.47. The first-order valence-corrected chi connectivity index (χ1v) is 6.84. The zero-order valence-corrected chi connectivity index (χ0v) is 11.5. The van der Waals surface area contributed by atoms with Gasteiger partial charge in [0.05, 0.1) is 0 Å². The second-order valence-electron chi connectivity index (χ2n) is 5.47. The van der Waals surface area contributed by atoms with E-state index in [1.807, 2.05) is 13.0 Å². The van der Waals surface area contributed by atoms with Crippen molar-refractivity contribution in [1.82, 2.24) is 9.97 Å². The van der Waals surface area contributed by atoms with Crippen LogP contribution in [-0.4, -0.2) is 22.1 Å². The highest BCUT2D eigenvalue weighted by Crippen LogP contribution is 2.23. The zero-order valence-electron chi connectivity index (χ0n) is 11.5. The van der Waals surface area contributed by atoms with Gasteiger partial charge in [-0.3, -0.25) is 0 Å². The maximum Gasteiger partial charge on any atom is 0.217 e. The van der Waals surface area contributed by atoms with Gasteiger partial charge in [0, 0.05) is 23.7 Å². The van der Waals surface area contributed by atoms with Crippen LogP contribution in [0.2, 0.25) is 0 Å². The smallest absolute Gasteiger partial charge is 0.217 e. The van der Waals surface area contributed by atoms with E-state index in [0.29, 0.717) is 11.8 Å². The van der Waals surface area contributed by atoms with E-state index in [4.69, 9.17) is 10.5 Å². The van der Waals surface area contributed by atoms with E-state index in [0.717, 1.165) is 24.4 Å². The molecule has 100 valence electrons. The molecule has 18 heavy (non-hydrogen) atoms. The molecule has 0 spiro atoms. The third-order valence-corrected chi connectivity index (χ3v) is 3.39. The largest absolute Gasteiger partial charge is 0.473 e. The maximum atomic E-state index is 6.09. The lowest BCUT2D eigenvalue weighted by Gasteiger charge is -2.28. The summed E-state index contributed by atoms with van der Waals surface area (Å²) in [4.78, 5) is 8.90. The average Bonchev–Trinajstić information content (AvgIpc) is 2.31. The van der Waals surface area contributed by atoms with Gasteiger partial charge in [-0.2, -0.15) is 4.98 Å². The quantitative estimate of drug-likeness (QED) is 0.894. The van der Waals surface area contributed by atoms with Crippen LogP contribution >= 0.6 is 0 Å². The second kappa shape index (κ2) is 5.65. The highest BCUT2D eigenvalue weighted by molar-refractivity contribution is 5.17. The summed E-state index contributed by atoms with van der Waals surface area (Å²) in [6.07, 6.45) is 4.58. The number of hydrogen-bond acceptors (Lipinski definition) is 4. The number of aryl methyl sites for hydroxylation is 1. The Balaban J connectivity index is 2.12. The number of hydrogen-bond donors (Lipinski definition) is 1. The predicted octanol–water partition coefficient (Wildman–Crippen LogP) is 2.56. The van der Waals surface area contributed by atoms with Crippen molar-refractivity contribution in [3.63, 3.8) is 0 Å². The van der Waals surface area contributed by atoms with Crippen molar-refractivity contribution in [1.29, 1.82) is 0 Å². The number of ether oxygens (including phenoxy) is 1. The van der Waals surface area contributed by atoms with Gasteiger partial charge in [0.2, 0.25) is 5.88 Å². The SMILES string of the molecule is Cc1cc(OC2CCCCC2N)nc(C(C)C)n1. The fourth-order valence-electron chi connectivity index (χ4n) is 2.31. The molecule has 1 aromatic heterocycles. The molecule has 4 heteroatoms. The molecule has 1 aliphatic rings. The molecule has 4 nitrogen and oxygen atoms in total. The van der Waals surface area contributed by atoms with E-state index in [1.165, 1.54) is 12.8 Å². The molecule has 2 atom stereocenters. The predicted molar refractivity (Wildman–Crippen MR) is 71.7 cm³/mol. The van der Waals surface area contributed by atoms with Gasteiger partial charge in [0.15, 0.2) is 0 Å². The van der Waals surface area contributed by atoms with Crippen molar-refractivity contribution in [3.05, 3.63) is 17.6 Å². The fourth-order valence-corrected chi connectivity index (χ4v) is 2.31. The minimum absolute atomic E-state index is 0.105. The Labute approximate surface area is 109 Å². The number of rotatable bonds is 3. The van der Waals surface area contributed by atoms with E-state index >= 15 is 0 Å². The molecule has 2 unspecified atom stereocenters. The van der Waals surface area contributed by atoms with Gasteiger partial charge in [0.1, 0.15) is 11.9 Å². The van der Waals surface area contributed by atoms with Crippen LogP contribution < -0.4 is 10.5 Å². The lowest BCUT2D eigenvalue weighted by atomic mass is 9.93. The lowest BCUT2D eigenvalue weighted by Crippen LogP contribution is -2.41. The fraction of sp³-hybridized carbons (Fsp3) is 0.714. The molecule has 2 N–H and O–H groups in total. The van der Waals surface area contributed by atoms with Crippen LogP contribution in [0.5, 0.6) is 5.88 Å². The first-order chi connectivity index (χ1) is 8.56. The van der Waals surface area contributed by atoms with E-state index in [2.05, 4.69) is 23.8 Å². The average molecular weight is 249 g/mol. The standard InChI is InChI=1S/C14H23N3O/c1-9(2)14-16-10(3)8-13(17-14)18-12-7-5-4-6-11(12)15/h8-9,11-12H,4-7,15H2,1-3H3. The summed E-state index contributed by atoms with van der Waals surface area (Å²) >= 11 is 0. The van der Waals surface area contributed by atoms with Crippen LogP contribution in [0.1, 0.15) is 57.0 Å². The molecule has 0 bridgehead atoms. The Morgan fingerprint density at radius 3 is 2.67 bits per heavy atom. The monoisotopic (exact) mass is 249 g/mol. The van der Waals surface area contributed by atoms with Crippen LogP contribution in [0.4, 0.5) is 0 Å². The number of nitrogens with two attached hydrogens (primary N) is 1. The van der Waals surface area contributed by atoms with Gasteiger partial charge in [0.25, 0.3) is 0 Å². The minimum Gasteiger partial charge on any atom is -0.473 e. The number of aromatic nitrogens is 2. The first kappa shape index (κ1) is 13.3.